The van der Waals surface area contributed by atoms with Gasteiger partial charge in [-0.2, -0.15) is 5.10 Å². The van der Waals surface area contributed by atoms with E-state index < -0.39 is 0 Å². The largest absolute Gasteiger partial charge is 0.345 e. The molecule has 4 heterocycles. The highest BCUT2D eigenvalue weighted by Gasteiger charge is 2.55. The number of aryl methyl sites for hydroxylation is 1. The first-order valence-corrected chi connectivity index (χ1v) is 9.90. The van der Waals surface area contributed by atoms with E-state index in [-0.39, 0.29) is 17.9 Å². The maximum Gasteiger partial charge on any atom is 0.233 e. The van der Waals surface area contributed by atoms with Crippen molar-refractivity contribution in [2.45, 2.75) is 18.9 Å². The number of imidazole rings is 1. The molecule has 29 heavy (non-hydrogen) atoms. The lowest BCUT2D eigenvalue weighted by Crippen LogP contribution is -2.56. The molecule has 2 fully saturated rings. The van der Waals surface area contributed by atoms with Crippen LogP contribution in [0.15, 0.2) is 55.2 Å². The molecule has 3 aromatic heterocycles. The quantitative estimate of drug-likeness (QED) is 0.547. The molecular formula is C22H20N6O. The Morgan fingerprint density at radius 2 is 1.97 bits per heavy atom. The van der Waals surface area contributed by atoms with Crippen LogP contribution in [-0.4, -0.2) is 30.6 Å². The first kappa shape index (κ1) is 16.5. The number of fused-ring (bicyclic) bond motifs is 1. The number of β-lactam (4-membered cyclic amide) rings is 1. The number of carbonyl (C=O) groups is 1. The van der Waals surface area contributed by atoms with Crippen LogP contribution in [-0.2, 0) is 11.8 Å². The van der Waals surface area contributed by atoms with Crippen molar-refractivity contribution in [2.24, 2.45) is 18.9 Å². The molecular weight excluding hydrogens is 364 g/mol. The van der Waals surface area contributed by atoms with Crippen molar-refractivity contribution in [3.63, 3.8) is 0 Å². The Kier molecular flexibility index (Phi) is 3.41. The molecule has 6 rings (SSSR count). The molecule has 2 atom stereocenters. The Balaban J connectivity index is 1.37. The van der Waals surface area contributed by atoms with Crippen molar-refractivity contribution in [1.82, 2.24) is 24.7 Å². The number of H-pyrrole nitrogens is 1. The number of hydrogen-bond acceptors (Lipinski definition) is 4. The van der Waals surface area contributed by atoms with Crippen LogP contribution in [0.4, 0.5) is 5.69 Å². The zero-order chi connectivity index (χ0) is 19.5. The summed E-state index contributed by atoms with van der Waals surface area (Å²) in [5.41, 5.74) is 5.72. The summed E-state index contributed by atoms with van der Waals surface area (Å²) in [5.74, 6) is 0.713. The monoisotopic (exact) mass is 384 g/mol. The smallest absolute Gasteiger partial charge is 0.233 e. The molecule has 1 saturated heterocycles. The van der Waals surface area contributed by atoms with Gasteiger partial charge in [-0.05, 0) is 43.0 Å². The van der Waals surface area contributed by atoms with Crippen LogP contribution >= 0.6 is 0 Å². The van der Waals surface area contributed by atoms with Gasteiger partial charge in [0.25, 0.3) is 0 Å². The first-order valence-electron chi connectivity index (χ1n) is 9.90. The second-order valence-corrected chi connectivity index (χ2v) is 7.99. The number of benzene rings is 1. The highest BCUT2D eigenvalue weighted by atomic mass is 16.2. The van der Waals surface area contributed by atoms with Crippen LogP contribution in [0.25, 0.3) is 22.2 Å². The summed E-state index contributed by atoms with van der Waals surface area (Å²) in [6.07, 6.45) is 9.63. The maximum absolute atomic E-state index is 13.1. The Hall–Kier alpha value is -3.48. The summed E-state index contributed by atoms with van der Waals surface area (Å²) >= 11 is 0. The van der Waals surface area contributed by atoms with Crippen LogP contribution in [0, 0.1) is 11.8 Å². The van der Waals surface area contributed by atoms with Gasteiger partial charge in [0.1, 0.15) is 0 Å². The number of pyridine rings is 1. The lowest BCUT2D eigenvalue weighted by Gasteiger charge is -2.47. The Labute approximate surface area is 167 Å². The summed E-state index contributed by atoms with van der Waals surface area (Å²) in [5, 5.41) is 4.23. The third-order valence-electron chi connectivity index (χ3n) is 6.08. The minimum atomic E-state index is -0.0191. The third kappa shape index (κ3) is 2.57. The van der Waals surface area contributed by atoms with E-state index in [4.69, 9.17) is 4.98 Å². The summed E-state index contributed by atoms with van der Waals surface area (Å²) in [4.78, 5) is 27.1. The number of amides is 1. The number of hydrogen-bond donors (Lipinski definition) is 1. The highest BCUT2D eigenvalue weighted by molar-refractivity contribution is 6.04. The summed E-state index contributed by atoms with van der Waals surface area (Å²) in [6.45, 7) is 0. The van der Waals surface area contributed by atoms with E-state index in [1.807, 2.05) is 48.7 Å². The third-order valence-corrected chi connectivity index (χ3v) is 6.08. The van der Waals surface area contributed by atoms with Crippen molar-refractivity contribution in [3.05, 3.63) is 60.9 Å². The van der Waals surface area contributed by atoms with Crippen molar-refractivity contribution in [3.8, 4) is 11.1 Å². The van der Waals surface area contributed by atoms with Crippen LogP contribution in [0.2, 0.25) is 0 Å². The number of carbonyl (C=O) groups excluding carboxylic acids is 1. The topological polar surface area (TPSA) is 79.7 Å². The van der Waals surface area contributed by atoms with Crippen LogP contribution in [0.5, 0.6) is 0 Å². The molecule has 4 aromatic rings. The van der Waals surface area contributed by atoms with Gasteiger partial charge in [0.05, 0.1) is 41.2 Å². The molecule has 1 aromatic carbocycles. The van der Waals surface area contributed by atoms with Gasteiger partial charge in [0.15, 0.2) is 0 Å². The molecule has 1 saturated carbocycles. The molecule has 1 aliphatic carbocycles. The van der Waals surface area contributed by atoms with Gasteiger partial charge in [-0.25, -0.2) is 4.98 Å². The Morgan fingerprint density at radius 1 is 1.07 bits per heavy atom. The number of anilines is 1. The van der Waals surface area contributed by atoms with Gasteiger partial charge in [0, 0.05) is 36.3 Å². The fourth-order valence-corrected chi connectivity index (χ4v) is 4.42. The predicted octanol–water partition coefficient (Wildman–Crippen LogP) is 3.47. The molecule has 2 unspecified atom stereocenters. The minimum Gasteiger partial charge on any atom is -0.345 e. The number of aromatic amines is 1. The maximum atomic E-state index is 13.1. The predicted molar refractivity (Wildman–Crippen MR) is 109 cm³/mol. The molecule has 0 radical (unpaired) electrons. The molecule has 7 nitrogen and oxygen atoms in total. The van der Waals surface area contributed by atoms with E-state index in [0.29, 0.717) is 5.92 Å². The summed E-state index contributed by atoms with van der Waals surface area (Å²) in [6, 6.07) is 10.0. The van der Waals surface area contributed by atoms with E-state index in [0.717, 1.165) is 46.4 Å². The second kappa shape index (κ2) is 6.01. The Morgan fingerprint density at radius 3 is 2.69 bits per heavy atom. The van der Waals surface area contributed by atoms with Gasteiger partial charge < -0.3 is 9.88 Å². The molecule has 144 valence electrons. The second-order valence-electron chi connectivity index (χ2n) is 7.99. The van der Waals surface area contributed by atoms with Crippen LogP contribution < -0.4 is 4.90 Å². The molecule has 1 aliphatic heterocycles. The number of aromatic nitrogens is 5. The molecule has 2 aliphatic rings. The summed E-state index contributed by atoms with van der Waals surface area (Å²) < 4.78 is 1.78. The Bertz CT molecular complexity index is 1220. The van der Waals surface area contributed by atoms with E-state index in [9.17, 15) is 4.79 Å². The molecule has 0 bridgehead atoms. The normalized spacial score (nSPS) is 21.6. The number of rotatable bonds is 4. The van der Waals surface area contributed by atoms with Gasteiger partial charge in [-0.1, -0.05) is 6.07 Å². The van der Waals surface area contributed by atoms with Crippen LogP contribution in [0.3, 0.4) is 0 Å². The van der Waals surface area contributed by atoms with Crippen molar-refractivity contribution in [1.29, 1.82) is 0 Å². The van der Waals surface area contributed by atoms with Crippen LogP contribution in [0.1, 0.15) is 24.6 Å². The van der Waals surface area contributed by atoms with Crippen molar-refractivity contribution < 1.29 is 4.79 Å². The fraction of sp³-hybridized carbons (Fsp3) is 0.273. The van der Waals surface area contributed by atoms with Gasteiger partial charge in [-0.3, -0.25) is 14.5 Å². The van der Waals surface area contributed by atoms with Gasteiger partial charge in [0.2, 0.25) is 5.91 Å². The van der Waals surface area contributed by atoms with E-state index >= 15 is 0 Å². The molecule has 7 heteroatoms. The highest BCUT2D eigenvalue weighted by Crippen LogP contribution is 2.53. The average molecular weight is 384 g/mol. The lowest BCUT2D eigenvalue weighted by molar-refractivity contribution is -0.131. The summed E-state index contributed by atoms with van der Waals surface area (Å²) in [7, 11) is 1.90. The van der Waals surface area contributed by atoms with E-state index in [1.165, 1.54) is 0 Å². The van der Waals surface area contributed by atoms with Crippen molar-refractivity contribution >= 4 is 22.6 Å². The first-order chi connectivity index (χ1) is 14.2. The minimum absolute atomic E-state index is 0.0191. The van der Waals surface area contributed by atoms with Gasteiger partial charge >= 0.3 is 0 Å². The SMILES string of the molecule is Cn1cc(-c2ccc(C3C(C4CC4)C(=O)N3c3ccc4[nH]cnc4c3)nc2)cn1. The lowest BCUT2D eigenvalue weighted by atomic mass is 9.80. The molecule has 1 N–H and O–H groups in total. The standard InChI is InChI=1S/C22H20N6O/c1-27-11-15(10-26-27)14-4-6-18(23-9-14)21-20(13-2-3-13)22(29)28(21)16-5-7-17-19(8-16)25-12-24-17/h4-13,20-21H,2-3H2,1H3,(H,24,25). The number of nitrogens with one attached hydrogen (secondary N) is 1. The molecule has 0 spiro atoms. The average Bonchev–Trinajstić information content (AvgIpc) is 3.26. The fourth-order valence-electron chi connectivity index (χ4n) is 4.42. The van der Waals surface area contributed by atoms with E-state index in [2.05, 4.69) is 27.2 Å². The zero-order valence-corrected chi connectivity index (χ0v) is 16.0. The van der Waals surface area contributed by atoms with Gasteiger partial charge in [-0.15, -0.1) is 0 Å². The molecule has 1 amide bonds. The van der Waals surface area contributed by atoms with E-state index in [1.54, 1.807) is 11.0 Å². The van der Waals surface area contributed by atoms with Crippen molar-refractivity contribution in [2.75, 3.05) is 4.90 Å². The number of nitrogens with zero attached hydrogens (tertiary/aromatic N) is 5. The zero-order valence-electron chi connectivity index (χ0n) is 16.0.